The van der Waals surface area contributed by atoms with Crippen LogP contribution in [0.1, 0.15) is 11.3 Å². The molecule has 7 nitrogen and oxygen atoms in total. The summed E-state index contributed by atoms with van der Waals surface area (Å²) in [6.07, 6.45) is 2.66. The standard InChI is InChI=1S/C16H17N3O4/c1-18(2)13-5-3-12(4-6-13)11-17-15(20)9-7-14-8-10-16(23-14)19(21)22/h3-10H,11H2,1-2H3,(H,17,20)/b9-7+. The van der Waals surface area contributed by atoms with Crippen LogP contribution in [0, 0.1) is 10.1 Å². The lowest BCUT2D eigenvalue weighted by atomic mass is 10.2. The van der Waals surface area contributed by atoms with Gasteiger partial charge in [0.05, 0.1) is 6.07 Å². The minimum atomic E-state index is -0.630. The lowest BCUT2D eigenvalue weighted by Gasteiger charge is -2.12. The molecule has 1 aromatic carbocycles. The average molecular weight is 315 g/mol. The zero-order valence-corrected chi connectivity index (χ0v) is 12.9. The Bertz CT molecular complexity index is 717. The van der Waals surface area contributed by atoms with Crippen LogP contribution in [-0.4, -0.2) is 24.9 Å². The first-order valence-corrected chi connectivity index (χ1v) is 6.92. The summed E-state index contributed by atoms with van der Waals surface area (Å²) < 4.78 is 4.92. The lowest BCUT2D eigenvalue weighted by Crippen LogP contribution is -2.20. The maximum atomic E-state index is 11.7. The Morgan fingerprint density at radius 3 is 2.52 bits per heavy atom. The third kappa shape index (κ3) is 4.70. The molecule has 0 atom stereocenters. The highest BCUT2D eigenvalue weighted by atomic mass is 16.6. The van der Waals surface area contributed by atoms with Crippen molar-refractivity contribution in [2.75, 3.05) is 19.0 Å². The molecule has 23 heavy (non-hydrogen) atoms. The topological polar surface area (TPSA) is 88.6 Å². The van der Waals surface area contributed by atoms with Gasteiger partial charge in [-0.25, -0.2) is 0 Å². The fourth-order valence-corrected chi connectivity index (χ4v) is 1.85. The summed E-state index contributed by atoms with van der Waals surface area (Å²) in [5, 5.41) is 13.2. The van der Waals surface area contributed by atoms with Gasteiger partial charge >= 0.3 is 5.88 Å². The molecule has 0 aliphatic heterocycles. The van der Waals surface area contributed by atoms with Gasteiger partial charge in [0.15, 0.2) is 0 Å². The van der Waals surface area contributed by atoms with E-state index < -0.39 is 4.92 Å². The van der Waals surface area contributed by atoms with Gasteiger partial charge in [0.25, 0.3) is 0 Å². The quantitative estimate of drug-likeness (QED) is 0.503. The molecule has 2 aromatic rings. The van der Waals surface area contributed by atoms with Crippen LogP contribution in [-0.2, 0) is 11.3 Å². The number of anilines is 1. The van der Waals surface area contributed by atoms with Crippen LogP contribution in [0.5, 0.6) is 0 Å². The number of nitrogens with one attached hydrogen (secondary N) is 1. The van der Waals surface area contributed by atoms with E-state index >= 15 is 0 Å². The number of nitrogens with zero attached hydrogens (tertiary/aromatic N) is 2. The van der Waals surface area contributed by atoms with E-state index in [-0.39, 0.29) is 17.6 Å². The van der Waals surface area contributed by atoms with Crippen LogP contribution in [0.15, 0.2) is 46.9 Å². The molecule has 120 valence electrons. The Morgan fingerprint density at radius 1 is 1.26 bits per heavy atom. The van der Waals surface area contributed by atoms with Gasteiger partial charge in [-0.3, -0.25) is 14.9 Å². The summed E-state index contributed by atoms with van der Waals surface area (Å²) >= 11 is 0. The van der Waals surface area contributed by atoms with Crippen LogP contribution in [0.4, 0.5) is 11.6 Å². The van der Waals surface area contributed by atoms with Crippen molar-refractivity contribution in [3.8, 4) is 0 Å². The van der Waals surface area contributed by atoms with E-state index in [1.54, 1.807) is 0 Å². The zero-order valence-electron chi connectivity index (χ0n) is 12.9. The number of nitro groups is 1. The number of hydrogen-bond donors (Lipinski definition) is 1. The van der Waals surface area contributed by atoms with Gasteiger partial charge in [0.1, 0.15) is 10.7 Å². The Labute approximate surface area is 133 Å². The molecule has 0 unspecified atom stereocenters. The normalized spacial score (nSPS) is 10.7. The molecule has 0 radical (unpaired) electrons. The van der Waals surface area contributed by atoms with E-state index in [1.807, 2.05) is 43.3 Å². The summed E-state index contributed by atoms with van der Waals surface area (Å²) in [4.78, 5) is 23.6. The molecule has 0 fully saturated rings. The summed E-state index contributed by atoms with van der Waals surface area (Å²) in [6, 6.07) is 10.5. The van der Waals surface area contributed by atoms with Crippen molar-refractivity contribution in [1.29, 1.82) is 0 Å². The first-order valence-electron chi connectivity index (χ1n) is 6.92. The summed E-state index contributed by atoms with van der Waals surface area (Å²) in [6.45, 7) is 0.398. The monoisotopic (exact) mass is 315 g/mol. The van der Waals surface area contributed by atoms with E-state index in [4.69, 9.17) is 4.42 Å². The molecule has 1 heterocycles. The predicted octanol–water partition coefficient (Wildman–Crippen LogP) is 2.58. The molecular formula is C16H17N3O4. The number of rotatable bonds is 6. The molecule has 1 amide bonds. The first kappa shape index (κ1) is 16.3. The van der Waals surface area contributed by atoms with Gasteiger partial charge in [0, 0.05) is 32.4 Å². The van der Waals surface area contributed by atoms with Gasteiger partial charge in [0.2, 0.25) is 5.91 Å². The molecule has 0 spiro atoms. The van der Waals surface area contributed by atoms with Gasteiger partial charge in [-0.1, -0.05) is 12.1 Å². The maximum absolute atomic E-state index is 11.7. The van der Waals surface area contributed by atoms with Gasteiger partial charge in [-0.2, -0.15) is 0 Å². The van der Waals surface area contributed by atoms with Crippen molar-refractivity contribution in [3.63, 3.8) is 0 Å². The van der Waals surface area contributed by atoms with E-state index in [9.17, 15) is 14.9 Å². The summed E-state index contributed by atoms with van der Waals surface area (Å²) in [5.41, 5.74) is 2.06. The van der Waals surface area contributed by atoms with E-state index in [1.165, 1.54) is 24.3 Å². The second-order valence-corrected chi connectivity index (χ2v) is 5.05. The zero-order chi connectivity index (χ0) is 16.8. The number of benzene rings is 1. The number of furan rings is 1. The highest BCUT2D eigenvalue weighted by Gasteiger charge is 2.10. The van der Waals surface area contributed by atoms with E-state index in [2.05, 4.69) is 5.32 Å². The molecular weight excluding hydrogens is 298 g/mol. The smallest absolute Gasteiger partial charge is 0.401 e. The molecule has 0 aliphatic rings. The average Bonchev–Trinajstić information content (AvgIpc) is 3.00. The van der Waals surface area contributed by atoms with Gasteiger partial charge in [-0.15, -0.1) is 0 Å². The second kappa shape index (κ2) is 7.26. The Hall–Kier alpha value is -3.09. The lowest BCUT2D eigenvalue weighted by molar-refractivity contribution is -0.402. The highest BCUT2D eigenvalue weighted by Crippen LogP contribution is 2.16. The van der Waals surface area contributed by atoms with Crippen LogP contribution in [0.25, 0.3) is 6.08 Å². The Balaban J connectivity index is 1.86. The molecule has 2 rings (SSSR count). The van der Waals surface area contributed by atoms with Gasteiger partial charge in [-0.05, 0) is 29.8 Å². The fraction of sp³-hybridized carbons (Fsp3) is 0.188. The number of carbonyl (C=O) groups is 1. The first-order chi connectivity index (χ1) is 11.0. The van der Waals surface area contributed by atoms with Crippen LogP contribution >= 0.6 is 0 Å². The van der Waals surface area contributed by atoms with Gasteiger partial charge < -0.3 is 14.6 Å². The minimum absolute atomic E-state index is 0.252. The van der Waals surface area contributed by atoms with Crippen molar-refractivity contribution < 1.29 is 14.1 Å². The number of hydrogen-bond acceptors (Lipinski definition) is 5. The van der Waals surface area contributed by atoms with Crippen LogP contribution in [0.2, 0.25) is 0 Å². The largest absolute Gasteiger partial charge is 0.433 e. The third-order valence-corrected chi connectivity index (χ3v) is 3.11. The van der Waals surface area contributed by atoms with Crippen molar-refractivity contribution >= 4 is 23.6 Å². The van der Waals surface area contributed by atoms with E-state index in [0.29, 0.717) is 6.54 Å². The van der Waals surface area contributed by atoms with Crippen molar-refractivity contribution in [1.82, 2.24) is 5.32 Å². The summed E-state index contributed by atoms with van der Waals surface area (Å²) in [7, 11) is 3.92. The highest BCUT2D eigenvalue weighted by molar-refractivity contribution is 5.91. The minimum Gasteiger partial charge on any atom is -0.401 e. The van der Waals surface area contributed by atoms with Crippen LogP contribution < -0.4 is 10.2 Å². The Morgan fingerprint density at radius 2 is 1.96 bits per heavy atom. The van der Waals surface area contributed by atoms with Crippen molar-refractivity contribution in [3.05, 3.63) is 63.9 Å². The van der Waals surface area contributed by atoms with Crippen LogP contribution in [0.3, 0.4) is 0 Å². The van der Waals surface area contributed by atoms with Crippen molar-refractivity contribution in [2.24, 2.45) is 0 Å². The molecule has 1 N–H and O–H groups in total. The third-order valence-electron chi connectivity index (χ3n) is 3.11. The maximum Gasteiger partial charge on any atom is 0.433 e. The number of amides is 1. The fourth-order valence-electron chi connectivity index (χ4n) is 1.85. The molecule has 7 heteroatoms. The summed E-state index contributed by atoms with van der Waals surface area (Å²) in [5.74, 6) is -0.408. The predicted molar refractivity (Wildman–Crippen MR) is 87.0 cm³/mol. The second-order valence-electron chi connectivity index (χ2n) is 5.05. The molecule has 0 saturated heterocycles. The molecule has 1 aromatic heterocycles. The SMILES string of the molecule is CN(C)c1ccc(CNC(=O)/C=C/c2ccc([N+](=O)[O-])o2)cc1. The molecule has 0 aliphatic carbocycles. The number of carbonyl (C=O) groups excluding carboxylic acids is 1. The Kier molecular flexibility index (Phi) is 5.14. The van der Waals surface area contributed by atoms with E-state index in [0.717, 1.165) is 11.3 Å². The molecule has 0 saturated carbocycles. The van der Waals surface area contributed by atoms with Crippen molar-refractivity contribution in [2.45, 2.75) is 6.54 Å². The molecule has 0 bridgehead atoms.